The van der Waals surface area contributed by atoms with Gasteiger partial charge in [0, 0.05) is 12.4 Å². The highest BCUT2D eigenvalue weighted by atomic mass is 35.5. The first-order valence-electron chi connectivity index (χ1n) is 4.30. The number of nitrogens with one attached hydrogen (secondary N) is 2. The van der Waals surface area contributed by atoms with E-state index in [0.717, 1.165) is 12.1 Å². The summed E-state index contributed by atoms with van der Waals surface area (Å²) in [5.74, 6) is -4.20. The van der Waals surface area contributed by atoms with Crippen LogP contribution >= 0.6 is 11.6 Å². The molecule has 16 heavy (non-hydrogen) atoms. The van der Waals surface area contributed by atoms with Crippen molar-refractivity contribution in [3.63, 3.8) is 0 Å². The third-order valence-electron chi connectivity index (χ3n) is 1.66. The Kier molecular flexibility index (Phi) is 4.42. The largest absolute Gasteiger partial charge is 0.337 e. The van der Waals surface area contributed by atoms with Gasteiger partial charge in [0.1, 0.15) is 0 Å². The van der Waals surface area contributed by atoms with Crippen LogP contribution in [0, 0.1) is 17.5 Å². The topological polar surface area (TPSA) is 41.1 Å². The van der Waals surface area contributed by atoms with Gasteiger partial charge in [0.15, 0.2) is 17.5 Å². The maximum atomic E-state index is 13.1. The molecule has 0 fully saturated rings. The average molecular weight is 253 g/mol. The Morgan fingerprint density at radius 2 is 1.94 bits per heavy atom. The number of urea groups is 1. The summed E-state index contributed by atoms with van der Waals surface area (Å²) in [7, 11) is 0. The van der Waals surface area contributed by atoms with Gasteiger partial charge in [0.2, 0.25) is 0 Å². The molecule has 0 atom stereocenters. The second kappa shape index (κ2) is 5.60. The van der Waals surface area contributed by atoms with Crippen LogP contribution in [0.5, 0.6) is 0 Å². The summed E-state index contributed by atoms with van der Waals surface area (Å²) < 4.78 is 38.4. The van der Waals surface area contributed by atoms with E-state index in [1.807, 2.05) is 5.32 Å². The quantitative estimate of drug-likeness (QED) is 0.630. The summed E-state index contributed by atoms with van der Waals surface area (Å²) in [6.45, 7) is 0.179. The lowest BCUT2D eigenvalue weighted by Gasteiger charge is -2.07. The molecule has 0 aliphatic rings. The summed E-state index contributed by atoms with van der Waals surface area (Å²) >= 11 is 5.30. The number of hydrogen-bond donors (Lipinski definition) is 2. The van der Waals surface area contributed by atoms with Gasteiger partial charge in [0.25, 0.3) is 0 Å². The molecule has 2 N–H and O–H groups in total. The molecule has 0 spiro atoms. The molecule has 1 aromatic carbocycles. The maximum absolute atomic E-state index is 13.1. The van der Waals surface area contributed by atoms with Gasteiger partial charge in [-0.25, -0.2) is 18.0 Å². The maximum Gasteiger partial charge on any atom is 0.319 e. The van der Waals surface area contributed by atoms with Crippen molar-refractivity contribution >= 4 is 23.3 Å². The minimum atomic E-state index is -1.63. The SMILES string of the molecule is O=C(NCCCl)Nc1ccc(F)c(F)c1F. The Labute approximate surface area is 94.6 Å². The van der Waals surface area contributed by atoms with Crippen molar-refractivity contribution in [1.82, 2.24) is 5.32 Å². The second-order valence-electron chi connectivity index (χ2n) is 2.79. The van der Waals surface area contributed by atoms with Crippen molar-refractivity contribution < 1.29 is 18.0 Å². The van der Waals surface area contributed by atoms with Crippen molar-refractivity contribution in [3.05, 3.63) is 29.6 Å². The van der Waals surface area contributed by atoms with Gasteiger partial charge in [-0.2, -0.15) is 0 Å². The number of amides is 2. The molecule has 0 aromatic heterocycles. The number of benzene rings is 1. The summed E-state index contributed by atoms with van der Waals surface area (Å²) in [6.07, 6.45) is 0. The molecule has 0 bridgehead atoms. The van der Waals surface area contributed by atoms with Crippen LogP contribution in [0.1, 0.15) is 0 Å². The van der Waals surface area contributed by atoms with E-state index in [1.165, 1.54) is 0 Å². The molecule has 7 heteroatoms. The van der Waals surface area contributed by atoms with E-state index in [-0.39, 0.29) is 12.4 Å². The smallest absolute Gasteiger partial charge is 0.319 e. The van der Waals surface area contributed by atoms with E-state index in [0.29, 0.717) is 0 Å². The minimum Gasteiger partial charge on any atom is -0.337 e. The number of carbonyl (C=O) groups excluding carboxylic acids is 1. The molecule has 0 saturated heterocycles. The van der Waals surface area contributed by atoms with E-state index in [2.05, 4.69) is 5.32 Å². The van der Waals surface area contributed by atoms with Gasteiger partial charge in [-0.3, -0.25) is 0 Å². The van der Waals surface area contributed by atoms with Crippen LogP contribution in [-0.4, -0.2) is 18.5 Å². The van der Waals surface area contributed by atoms with E-state index in [9.17, 15) is 18.0 Å². The summed E-state index contributed by atoms with van der Waals surface area (Å²) in [5.41, 5.74) is -0.439. The van der Waals surface area contributed by atoms with Crippen LogP contribution < -0.4 is 10.6 Å². The molecule has 0 saturated carbocycles. The molecule has 1 rings (SSSR count). The summed E-state index contributed by atoms with van der Waals surface area (Å²) in [5, 5.41) is 4.30. The van der Waals surface area contributed by atoms with Crippen molar-refractivity contribution in [2.24, 2.45) is 0 Å². The van der Waals surface area contributed by atoms with Crippen LogP contribution in [0.2, 0.25) is 0 Å². The summed E-state index contributed by atoms with van der Waals surface area (Å²) in [6, 6.07) is 0.898. The lowest BCUT2D eigenvalue weighted by atomic mass is 10.3. The van der Waals surface area contributed by atoms with E-state index >= 15 is 0 Å². The number of anilines is 1. The van der Waals surface area contributed by atoms with Gasteiger partial charge in [-0.15, -0.1) is 11.6 Å². The first kappa shape index (κ1) is 12.6. The Hall–Kier alpha value is -1.43. The monoisotopic (exact) mass is 252 g/mol. The number of rotatable bonds is 3. The number of alkyl halides is 1. The fourth-order valence-corrected chi connectivity index (χ4v) is 1.04. The number of hydrogen-bond acceptors (Lipinski definition) is 1. The Bertz CT molecular complexity index is 401. The fraction of sp³-hybridized carbons (Fsp3) is 0.222. The molecule has 1 aromatic rings. The van der Waals surface area contributed by atoms with Gasteiger partial charge >= 0.3 is 6.03 Å². The molecule has 0 unspecified atom stereocenters. The first-order chi connectivity index (χ1) is 7.56. The lowest BCUT2D eigenvalue weighted by molar-refractivity contribution is 0.252. The fourth-order valence-electron chi connectivity index (χ4n) is 0.950. The molecular weight excluding hydrogens is 245 g/mol. The van der Waals surface area contributed by atoms with Crippen LogP contribution in [0.4, 0.5) is 23.7 Å². The minimum absolute atomic E-state index is 0.179. The predicted octanol–water partition coefficient (Wildman–Crippen LogP) is 2.46. The first-order valence-corrected chi connectivity index (χ1v) is 4.84. The average Bonchev–Trinajstić information content (AvgIpc) is 2.27. The summed E-state index contributed by atoms with van der Waals surface area (Å²) in [4.78, 5) is 11.1. The van der Waals surface area contributed by atoms with Crippen molar-refractivity contribution in [2.45, 2.75) is 0 Å². The lowest BCUT2D eigenvalue weighted by Crippen LogP contribution is -2.30. The number of halogens is 4. The molecule has 2 amide bonds. The van der Waals surface area contributed by atoms with Crippen LogP contribution in [0.3, 0.4) is 0 Å². The highest BCUT2D eigenvalue weighted by Gasteiger charge is 2.14. The van der Waals surface area contributed by atoms with Crippen LogP contribution in [0.25, 0.3) is 0 Å². The third kappa shape index (κ3) is 3.03. The zero-order valence-electron chi connectivity index (χ0n) is 7.99. The van der Waals surface area contributed by atoms with Crippen molar-refractivity contribution in [2.75, 3.05) is 17.7 Å². The Morgan fingerprint density at radius 1 is 1.25 bits per heavy atom. The molecule has 0 aliphatic heterocycles. The van der Waals surface area contributed by atoms with Crippen molar-refractivity contribution in [3.8, 4) is 0 Å². The van der Waals surface area contributed by atoms with Crippen LogP contribution in [0.15, 0.2) is 12.1 Å². The van der Waals surface area contributed by atoms with Crippen molar-refractivity contribution in [1.29, 1.82) is 0 Å². The van der Waals surface area contributed by atoms with E-state index < -0.39 is 29.2 Å². The van der Waals surface area contributed by atoms with Gasteiger partial charge < -0.3 is 10.6 Å². The highest BCUT2D eigenvalue weighted by Crippen LogP contribution is 2.19. The molecule has 0 radical (unpaired) electrons. The highest BCUT2D eigenvalue weighted by molar-refractivity contribution is 6.18. The van der Waals surface area contributed by atoms with Gasteiger partial charge in [-0.05, 0) is 12.1 Å². The Balaban J connectivity index is 2.74. The molecule has 3 nitrogen and oxygen atoms in total. The van der Waals surface area contributed by atoms with Gasteiger partial charge in [0.05, 0.1) is 5.69 Å². The zero-order valence-corrected chi connectivity index (χ0v) is 8.74. The molecular formula is C9H8ClF3N2O. The second-order valence-corrected chi connectivity index (χ2v) is 3.17. The number of carbonyl (C=O) groups is 1. The normalized spacial score (nSPS) is 10.0. The third-order valence-corrected chi connectivity index (χ3v) is 1.85. The molecule has 0 aliphatic carbocycles. The Morgan fingerprint density at radius 3 is 2.56 bits per heavy atom. The standard InChI is InChI=1S/C9H8ClF3N2O/c10-3-4-14-9(16)15-6-2-1-5(11)7(12)8(6)13/h1-2H,3-4H2,(H2,14,15,16). The zero-order chi connectivity index (χ0) is 12.1. The van der Waals surface area contributed by atoms with E-state index in [4.69, 9.17) is 11.6 Å². The van der Waals surface area contributed by atoms with E-state index in [1.54, 1.807) is 0 Å². The molecule has 88 valence electrons. The molecule has 0 heterocycles. The predicted molar refractivity (Wildman–Crippen MR) is 54.1 cm³/mol. The van der Waals surface area contributed by atoms with Gasteiger partial charge in [-0.1, -0.05) is 0 Å². The van der Waals surface area contributed by atoms with Crippen LogP contribution in [-0.2, 0) is 0 Å².